The normalized spacial score (nSPS) is 13.3. The van der Waals surface area contributed by atoms with E-state index >= 15 is 0 Å². The molecule has 0 radical (unpaired) electrons. The lowest BCUT2D eigenvalue weighted by Gasteiger charge is -2.21. The number of rotatable bonds is 6. The molecule has 0 saturated carbocycles. The molecule has 3 aromatic rings. The van der Waals surface area contributed by atoms with Gasteiger partial charge in [0.25, 0.3) is 11.6 Å². The van der Waals surface area contributed by atoms with Crippen LogP contribution in [0.5, 0.6) is 0 Å². The molecule has 2 amide bonds. The predicted molar refractivity (Wildman–Crippen MR) is 102 cm³/mol. The average molecular weight is 366 g/mol. The lowest BCUT2D eigenvalue weighted by atomic mass is 9.97. The minimum atomic E-state index is -0.758. The zero-order chi connectivity index (χ0) is 19.6. The van der Waals surface area contributed by atoms with E-state index in [4.69, 9.17) is 10.3 Å². The van der Waals surface area contributed by atoms with Crippen LogP contribution in [0, 0.1) is 12.8 Å². The monoisotopic (exact) mass is 366 g/mol. The van der Waals surface area contributed by atoms with Crippen LogP contribution in [0.4, 0.5) is 0 Å². The standard InChI is InChI=1S/C20H22N4O3/c1-4-11(2)17(18(21)25)23-19(26)14-10-15(13-8-6-5-7-9-13)22-20-16(14)12(3)24-27-20/h5-11,17H,4H2,1-3H3,(H2,21,25)(H,23,26). The summed E-state index contributed by atoms with van der Waals surface area (Å²) in [6, 6.07) is 10.4. The second kappa shape index (κ2) is 7.57. The molecule has 0 aliphatic rings. The van der Waals surface area contributed by atoms with Gasteiger partial charge in [0.2, 0.25) is 5.91 Å². The van der Waals surface area contributed by atoms with E-state index in [1.165, 1.54) is 0 Å². The lowest BCUT2D eigenvalue weighted by Crippen LogP contribution is -2.48. The third-order valence-corrected chi connectivity index (χ3v) is 4.74. The number of carbonyl (C=O) groups excluding carboxylic acids is 2. The van der Waals surface area contributed by atoms with Crippen molar-refractivity contribution in [2.45, 2.75) is 33.2 Å². The molecule has 140 valence electrons. The van der Waals surface area contributed by atoms with Gasteiger partial charge in [-0.05, 0) is 18.9 Å². The fraction of sp³-hybridized carbons (Fsp3) is 0.300. The highest BCUT2D eigenvalue weighted by atomic mass is 16.5. The molecule has 0 saturated heterocycles. The molecular weight excluding hydrogens is 344 g/mol. The smallest absolute Gasteiger partial charge is 0.259 e. The van der Waals surface area contributed by atoms with E-state index in [1.54, 1.807) is 13.0 Å². The number of primary amides is 1. The Kier molecular flexibility index (Phi) is 5.21. The van der Waals surface area contributed by atoms with Gasteiger partial charge in [0.15, 0.2) is 0 Å². The Labute approximate surface area is 156 Å². The molecule has 2 aromatic heterocycles. The number of pyridine rings is 1. The second-order valence-corrected chi connectivity index (χ2v) is 6.61. The molecule has 3 rings (SSSR count). The molecule has 7 nitrogen and oxygen atoms in total. The molecule has 27 heavy (non-hydrogen) atoms. The van der Waals surface area contributed by atoms with Gasteiger partial charge in [0.1, 0.15) is 6.04 Å². The van der Waals surface area contributed by atoms with Crippen molar-refractivity contribution in [2.75, 3.05) is 0 Å². The van der Waals surface area contributed by atoms with Gasteiger partial charge in [-0.2, -0.15) is 0 Å². The summed E-state index contributed by atoms with van der Waals surface area (Å²) < 4.78 is 5.29. The van der Waals surface area contributed by atoms with E-state index < -0.39 is 17.9 Å². The van der Waals surface area contributed by atoms with Crippen molar-refractivity contribution in [3.8, 4) is 11.3 Å². The molecule has 2 heterocycles. The highest BCUT2D eigenvalue weighted by Crippen LogP contribution is 2.27. The van der Waals surface area contributed by atoms with Gasteiger partial charge in [-0.1, -0.05) is 55.8 Å². The fourth-order valence-electron chi connectivity index (χ4n) is 2.98. The summed E-state index contributed by atoms with van der Waals surface area (Å²) in [5.74, 6) is -1.05. The summed E-state index contributed by atoms with van der Waals surface area (Å²) in [4.78, 5) is 29.3. The van der Waals surface area contributed by atoms with Crippen molar-refractivity contribution in [3.05, 3.63) is 47.7 Å². The molecule has 2 unspecified atom stereocenters. The van der Waals surface area contributed by atoms with Gasteiger partial charge in [-0.15, -0.1) is 0 Å². The number of nitrogens with one attached hydrogen (secondary N) is 1. The Morgan fingerprint density at radius 1 is 1.26 bits per heavy atom. The van der Waals surface area contributed by atoms with Crippen molar-refractivity contribution < 1.29 is 14.1 Å². The summed E-state index contributed by atoms with van der Waals surface area (Å²) in [6.07, 6.45) is 0.710. The predicted octanol–water partition coefficient (Wildman–Crippen LogP) is 2.83. The first kappa shape index (κ1) is 18.6. The van der Waals surface area contributed by atoms with Crippen LogP contribution < -0.4 is 11.1 Å². The third kappa shape index (κ3) is 3.67. The Balaban J connectivity index is 2.07. The molecule has 0 spiro atoms. The van der Waals surface area contributed by atoms with Crippen LogP contribution in [0.2, 0.25) is 0 Å². The zero-order valence-corrected chi connectivity index (χ0v) is 15.5. The molecule has 3 N–H and O–H groups in total. The van der Waals surface area contributed by atoms with Crippen LogP contribution >= 0.6 is 0 Å². The number of aromatic nitrogens is 2. The first-order chi connectivity index (χ1) is 12.9. The maximum absolute atomic E-state index is 13.0. The molecule has 0 aliphatic heterocycles. The number of aryl methyl sites for hydroxylation is 1. The number of nitrogens with zero attached hydrogens (tertiary/aromatic N) is 2. The Morgan fingerprint density at radius 2 is 1.96 bits per heavy atom. The van der Waals surface area contributed by atoms with Crippen molar-refractivity contribution in [1.82, 2.24) is 15.5 Å². The van der Waals surface area contributed by atoms with E-state index in [0.29, 0.717) is 28.8 Å². The second-order valence-electron chi connectivity index (χ2n) is 6.61. The number of carbonyl (C=O) groups is 2. The van der Waals surface area contributed by atoms with Gasteiger partial charge in [0, 0.05) is 5.56 Å². The summed E-state index contributed by atoms with van der Waals surface area (Å²) in [5, 5.41) is 7.22. The minimum absolute atomic E-state index is 0.0825. The lowest BCUT2D eigenvalue weighted by molar-refractivity contribution is -0.120. The Bertz CT molecular complexity index is 982. The van der Waals surface area contributed by atoms with E-state index in [2.05, 4.69) is 15.5 Å². The third-order valence-electron chi connectivity index (χ3n) is 4.74. The number of benzene rings is 1. The molecule has 0 aliphatic carbocycles. The average Bonchev–Trinajstić information content (AvgIpc) is 3.06. The maximum Gasteiger partial charge on any atom is 0.259 e. The van der Waals surface area contributed by atoms with Gasteiger partial charge in [-0.3, -0.25) is 9.59 Å². The van der Waals surface area contributed by atoms with Crippen LogP contribution in [-0.2, 0) is 4.79 Å². The summed E-state index contributed by atoms with van der Waals surface area (Å²) in [6.45, 7) is 5.56. The van der Waals surface area contributed by atoms with Gasteiger partial charge in [0.05, 0.1) is 22.3 Å². The van der Waals surface area contributed by atoms with Crippen LogP contribution in [0.3, 0.4) is 0 Å². The van der Waals surface area contributed by atoms with Gasteiger partial charge < -0.3 is 15.6 Å². The van der Waals surface area contributed by atoms with Crippen LogP contribution in [0.15, 0.2) is 40.9 Å². The maximum atomic E-state index is 13.0. The number of hydrogen-bond acceptors (Lipinski definition) is 5. The highest BCUT2D eigenvalue weighted by molar-refractivity contribution is 6.08. The number of fused-ring (bicyclic) bond motifs is 1. The van der Waals surface area contributed by atoms with Crippen molar-refractivity contribution in [3.63, 3.8) is 0 Å². The van der Waals surface area contributed by atoms with Crippen LogP contribution in [0.25, 0.3) is 22.4 Å². The number of amides is 2. The minimum Gasteiger partial charge on any atom is -0.368 e. The fourth-order valence-corrected chi connectivity index (χ4v) is 2.98. The molecule has 0 fully saturated rings. The largest absolute Gasteiger partial charge is 0.368 e. The molecule has 1 aromatic carbocycles. The Hall–Kier alpha value is -3.22. The topological polar surface area (TPSA) is 111 Å². The quantitative estimate of drug-likeness (QED) is 0.697. The van der Waals surface area contributed by atoms with Crippen molar-refractivity contribution >= 4 is 22.9 Å². The van der Waals surface area contributed by atoms with E-state index in [9.17, 15) is 9.59 Å². The van der Waals surface area contributed by atoms with Crippen molar-refractivity contribution in [1.29, 1.82) is 0 Å². The Morgan fingerprint density at radius 3 is 2.59 bits per heavy atom. The molecular formula is C20H22N4O3. The van der Waals surface area contributed by atoms with Crippen LogP contribution in [-0.4, -0.2) is 28.0 Å². The van der Waals surface area contributed by atoms with Gasteiger partial charge >= 0.3 is 0 Å². The SMILES string of the molecule is CCC(C)C(NC(=O)c1cc(-c2ccccc2)nc2onc(C)c12)C(N)=O. The molecule has 0 bridgehead atoms. The summed E-state index contributed by atoms with van der Waals surface area (Å²) in [5.41, 5.74) is 8.10. The first-order valence-corrected chi connectivity index (χ1v) is 8.85. The van der Waals surface area contributed by atoms with E-state index in [0.717, 1.165) is 5.56 Å². The van der Waals surface area contributed by atoms with E-state index in [1.807, 2.05) is 44.2 Å². The number of nitrogens with two attached hydrogens (primary N) is 1. The first-order valence-electron chi connectivity index (χ1n) is 8.85. The number of hydrogen-bond donors (Lipinski definition) is 2. The summed E-state index contributed by atoms with van der Waals surface area (Å²) >= 11 is 0. The van der Waals surface area contributed by atoms with Crippen molar-refractivity contribution in [2.24, 2.45) is 11.7 Å². The van der Waals surface area contributed by atoms with E-state index in [-0.39, 0.29) is 11.6 Å². The van der Waals surface area contributed by atoms with Crippen LogP contribution in [0.1, 0.15) is 36.3 Å². The molecule has 2 atom stereocenters. The highest BCUT2D eigenvalue weighted by Gasteiger charge is 2.26. The zero-order valence-electron chi connectivity index (χ0n) is 15.5. The van der Waals surface area contributed by atoms with Gasteiger partial charge in [-0.25, -0.2) is 4.98 Å². The summed E-state index contributed by atoms with van der Waals surface area (Å²) in [7, 11) is 0. The molecule has 7 heteroatoms.